The van der Waals surface area contributed by atoms with Gasteiger partial charge in [0.25, 0.3) is 0 Å². The summed E-state index contributed by atoms with van der Waals surface area (Å²) >= 11 is 0. The van der Waals surface area contributed by atoms with Gasteiger partial charge in [0.2, 0.25) is 15.9 Å². The Hall–Kier alpha value is -3.07. The van der Waals surface area contributed by atoms with E-state index < -0.39 is 27.9 Å². The largest absolute Gasteiger partial charge is 0.497 e. The van der Waals surface area contributed by atoms with E-state index in [4.69, 9.17) is 9.47 Å². The molecule has 2 rings (SSSR count). The Morgan fingerprint density at radius 1 is 1.10 bits per heavy atom. The molecule has 0 unspecified atom stereocenters. The number of sulfonamides is 1. The molecule has 0 saturated heterocycles. The summed E-state index contributed by atoms with van der Waals surface area (Å²) in [5.41, 5.74) is 1.12. The van der Waals surface area contributed by atoms with Crippen molar-refractivity contribution in [1.29, 1.82) is 0 Å². The van der Waals surface area contributed by atoms with Gasteiger partial charge in [-0.25, -0.2) is 13.2 Å². The summed E-state index contributed by atoms with van der Waals surface area (Å²) in [4.78, 5) is 24.7. The molecule has 9 heteroatoms. The number of methoxy groups -OCH3 is 1. The third kappa shape index (κ3) is 5.73. The van der Waals surface area contributed by atoms with Crippen molar-refractivity contribution >= 4 is 33.3 Å². The summed E-state index contributed by atoms with van der Waals surface area (Å²) in [5, 5.41) is 2.71. The summed E-state index contributed by atoms with van der Waals surface area (Å²) in [5.74, 6) is -0.469. The predicted molar refractivity (Wildman–Crippen MR) is 115 cm³/mol. The van der Waals surface area contributed by atoms with Crippen LogP contribution in [0.15, 0.2) is 48.5 Å². The maximum Gasteiger partial charge on any atom is 0.338 e. The predicted octanol–water partition coefficient (Wildman–Crippen LogP) is 3.06. The average Bonchev–Trinajstić information content (AvgIpc) is 2.71. The van der Waals surface area contributed by atoms with E-state index in [2.05, 4.69) is 5.32 Å². The quantitative estimate of drug-likeness (QED) is 0.609. The Kier molecular flexibility index (Phi) is 7.82. The molecule has 0 saturated carbocycles. The van der Waals surface area contributed by atoms with Crippen LogP contribution in [-0.2, 0) is 19.6 Å². The first-order chi connectivity index (χ1) is 14.2. The van der Waals surface area contributed by atoms with E-state index in [9.17, 15) is 18.0 Å². The topological polar surface area (TPSA) is 102 Å². The summed E-state index contributed by atoms with van der Waals surface area (Å²) in [6.45, 7) is 3.71. The normalized spacial score (nSPS) is 12.0. The lowest BCUT2D eigenvalue weighted by Crippen LogP contribution is -2.47. The van der Waals surface area contributed by atoms with Gasteiger partial charge in [-0.2, -0.15) is 0 Å². The highest BCUT2D eigenvalue weighted by Gasteiger charge is 2.31. The van der Waals surface area contributed by atoms with Gasteiger partial charge in [-0.3, -0.25) is 9.10 Å². The van der Waals surface area contributed by atoms with Gasteiger partial charge in [-0.05, 0) is 49.7 Å². The number of nitrogens with one attached hydrogen (secondary N) is 1. The highest BCUT2D eigenvalue weighted by atomic mass is 32.2. The molecule has 0 bridgehead atoms. The van der Waals surface area contributed by atoms with Crippen LogP contribution < -0.4 is 14.4 Å². The molecule has 30 heavy (non-hydrogen) atoms. The molecular formula is C21H26N2O6S. The Morgan fingerprint density at radius 3 is 2.30 bits per heavy atom. The second-order valence-electron chi connectivity index (χ2n) is 6.47. The highest BCUT2D eigenvalue weighted by Crippen LogP contribution is 2.27. The number of rotatable bonds is 9. The minimum absolute atomic E-state index is 0.247. The summed E-state index contributed by atoms with van der Waals surface area (Å²) in [6, 6.07) is 11.7. The lowest BCUT2D eigenvalue weighted by molar-refractivity contribution is -0.117. The first-order valence-corrected chi connectivity index (χ1v) is 11.3. The first kappa shape index (κ1) is 23.2. The maximum absolute atomic E-state index is 12.9. The molecule has 1 amide bonds. The number of hydrogen-bond acceptors (Lipinski definition) is 6. The molecular weight excluding hydrogens is 408 g/mol. The molecule has 1 N–H and O–H groups in total. The van der Waals surface area contributed by atoms with Crippen molar-refractivity contribution in [3.63, 3.8) is 0 Å². The molecule has 0 aliphatic heterocycles. The van der Waals surface area contributed by atoms with E-state index in [1.165, 1.54) is 19.2 Å². The van der Waals surface area contributed by atoms with Crippen molar-refractivity contribution in [2.75, 3.05) is 29.6 Å². The van der Waals surface area contributed by atoms with Crippen LogP contribution in [0, 0.1) is 0 Å². The number of carbonyl (C=O) groups excluding carboxylic acids is 2. The van der Waals surface area contributed by atoms with Gasteiger partial charge in [-0.15, -0.1) is 0 Å². The number of hydrogen-bond donors (Lipinski definition) is 1. The van der Waals surface area contributed by atoms with Gasteiger partial charge in [-0.1, -0.05) is 13.0 Å². The van der Waals surface area contributed by atoms with Crippen molar-refractivity contribution in [3.8, 4) is 5.75 Å². The number of carbonyl (C=O) groups is 2. The van der Waals surface area contributed by atoms with Crippen LogP contribution in [0.1, 0.15) is 30.6 Å². The molecule has 162 valence electrons. The van der Waals surface area contributed by atoms with Gasteiger partial charge in [0.05, 0.1) is 31.2 Å². The fourth-order valence-electron chi connectivity index (χ4n) is 2.94. The van der Waals surface area contributed by atoms with Crippen LogP contribution in [-0.4, -0.2) is 46.3 Å². The smallest absolute Gasteiger partial charge is 0.338 e. The van der Waals surface area contributed by atoms with E-state index in [1.54, 1.807) is 50.2 Å². The fourth-order valence-corrected chi connectivity index (χ4v) is 4.14. The minimum atomic E-state index is -3.76. The zero-order valence-electron chi connectivity index (χ0n) is 17.4. The Bertz CT molecular complexity index is 989. The van der Waals surface area contributed by atoms with Crippen LogP contribution in [0.2, 0.25) is 0 Å². The van der Waals surface area contributed by atoms with Crippen molar-refractivity contribution in [3.05, 3.63) is 54.1 Å². The number of anilines is 2. The zero-order valence-corrected chi connectivity index (χ0v) is 18.2. The van der Waals surface area contributed by atoms with Gasteiger partial charge in [0.1, 0.15) is 11.8 Å². The Balaban J connectivity index is 2.28. The second-order valence-corrected chi connectivity index (χ2v) is 8.33. The monoisotopic (exact) mass is 434 g/mol. The lowest BCUT2D eigenvalue weighted by Gasteiger charge is -2.30. The van der Waals surface area contributed by atoms with Gasteiger partial charge in [0, 0.05) is 11.8 Å². The van der Waals surface area contributed by atoms with Crippen LogP contribution in [0.5, 0.6) is 5.75 Å². The molecule has 2 aromatic rings. The number of ether oxygens (including phenoxy) is 2. The van der Waals surface area contributed by atoms with Crippen LogP contribution in [0.25, 0.3) is 0 Å². The zero-order chi connectivity index (χ0) is 22.3. The molecule has 0 radical (unpaired) electrons. The molecule has 0 aliphatic rings. The van der Waals surface area contributed by atoms with E-state index >= 15 is 0 Å². The number of nitrogens with zero attached hydrogens (tertiary/aromatic N) is 1. The molecule has 0 heterocycles. The van der Waals surface area contributed by atoms with Gasteiger partial charge in [0.15, 0.2) is 0 Å². The SMILES string of the molecule is CCOC(=O)c1ccc(NC(=O)[C@H](CC)N(c2cccc(OC)c2)S(C)(=O)=O)cc1. The Morgan fingerprint density at radius 2 is 1.77 bits per heavy atom. The van der Waals surface area contributed by atoms with Gasteiger partial charge >= 0.3 is 5.97 Å². The molecule has 0 aromatic heterocycles. The highest BCUT2D eigenvalue weighted by molar-refractivity contribution is 7.92. The van der Waals surface area contributed by atoms with E-state index in [-0.39, 0.29) is 13.0 Å². The van der Waals surface area contributed by atoms with Gasteiger partial charge < -0.3 is 14.8 Å². The average molecular weight is 435 g/mol. The van der Waals surface area contributed by atoms with Crippen molar-refractivity contribution in [1.82, 2.24) is 0 Å². The van der Waals surface area contributed by atoms with Crippen LogP contribution in [0.4, 0.5) is 11.4 Å². The number of amides is 1. The molecule has 0 spiro atoms. The van der Waals surface area contributed by atoms with Crippen molar-refractivity contribution in [2.24, 2.45) is 0 Å². The molecule has 1 atom stereocenters. The Labute approximate surface area is 176 Å². The third-order valence-electron chi connectivity index (χ3n) is 4.30. The van der Waals surface area contributed by atoms with E-state index in [1.807, 2.05) is 0 Å². The van der Waals surface area contributed by atoms with E-state index in [0.29, 0.717) is 22.7 Å². The summed E-state index contributed by atoms with van der Waals surface area (Å²) < 4.78 is 36.2. The first-order valence-electron chi connectivity index (χ1n) is 9.42. The number of benzene rings is 2. The number of esters is 1. The van der Waals surface area contributed by atoms with Crippen LogP contribution >= 0.6 is 0 Å². The molecule has 2 aromatic carbocycles. The summed E-state index contributed by atoms with van der Waals surface area (Å²) in [6.07, 6.45) is 1.30. The minimum Gasteiger partial charge on any atom is -0.497 e. The van der Waals surface area contributed by atoms with Crippen molar-refractivity contribution in [2.45, 2.75) is 26.3 Å². The standard InChI is InChI=1S/C21H26N2O6S/c1-5-19(23(30(4,26)27)17-8-7-9-18(14-17)28-3)20(24)22-16-12-10-15(11-13-16)21(25)29-6-2/h7-14,19H,5-6H2,1-4H3,(H,22,24)/t19-/m0/s1. The molecule has 0 fully saturated rings. The third-order valence-corrected chi connectivity index (χ3v) is 5.48. The molecule has 8 nitrogen and oxygen atoms in total. The maximum atomic E-state index is 12.9. The van der Waals surface area contributed by atoms with Crippen molar-refractivity contribution < 1.29 is 27.5 Å². The molecule has 0 aliphatic carbocycles. The lowest BCUT2D eigenvalue weighted by atomic mass is 10.1. The summed E-state index contributed by atoms with van der Waals surface area (Å²) in [7, 11) is -2.28. The van der Waals surface area contributed by atoms with E-state index in [0.717, 1.165) is 10.6 Å². The second kappa shape index (κ2) is 10.1. The fraction of sp³-hybridized carbons (Fsp3) is 0.333. The van der Waals surface area contributed by atoms with Crippen LogP contribution in [0.3, 0.4) is 0 Å².